The van der Waals surface area contributed by atoms with E-state index < -0.39 is 36.4 Å². The molecule has 7 heteroatoms. The molecule has 1 heterocycles. The normalized spacial score (nSPS) is 15.5. The van der Waals surface area contributed by atoms with Crippen LogP contribution in [0.25, 0.3) is 10.9 Å². The third-order valence-corrected chi connectivity index (χ3v) is 3.38. The Balaban J connectivity index is 2.42. The maximum Gasteiger partial charge on any atom is 0.340 e. The van der Waals surface area contributed by atoms with Gasteiger partial charge in [-0.25, -0.2) is 4.79 Å². The fourth-order valence-corrected chi connectivity index (χ4v) is 2.40. The molecule has 21 heavy (non-hydrogen) atoms. The molecule has 0 saturated carbocycles. The highest BCUT2D eigenvalue weighted by atomic mass is 16.4. The van der Waals surface area contributed by atoms with Gasteiger partial charge in [-0.15, -0.1) is 0 Å². The molecule has 6 N–H and O–H groups in total. The Kier molecular flexibility index (Phi) is 3.97. The number of aliphatic hydroxyl groups is 1. The zero-order valence-corrected chi connectivity index (χ0v) is 11.1. The third-order valence-electron chi connectivity index (χ3n) is 3.38. The van der Waals surface area contributed by atoms with E-state index in [0.717, 1.165) is 0 Å². The van der Waals surface area contributed by atoms with E-state index in [0.29, 0.717) is 10.9 Å². The van der Waals surface area contributed by atoms with Gasteiger partial charge in [-0.3, -0.25) is 4.79 Å². The van der Waals surface area contributed by atoms with Gasteiger partial charge in [0.15, 0.2) is 5.60 Å². The van der Waals surface area contributed by atoms with Crippen molar-refractivity contribution >= 4 is 22.8 Å². The summed E-state index contributed by atoms with van der Waals surface area (Å²) < 4.78 is 0. The van der Waals surface area contributed by atoms with E-state index in [1.807, 2.05) is 0 Å². The lowest BCUT2D eigenvalue weighted by Gasteiger charge is -2.25. The molecule has 0 spiro atoms. The van der Waals surface area contributed by atoms with Gasteiger partial charge in [0, 0.05) is 35.1 Å². The first-order valence-corrected chi connectivity index (χ1v) is 6.34. The molecule has 0 amide bonds. The number of H-pyrrole nitrogens is 1. The lowest BCUT2D eigenvalue weighted by atomic mass is 9.86. The van der Waals surface area contributed by atoms with Crippen LogP contribution in [0.4, 0.5) is 0 Å². The summed E-state index contributed by atoms with van der Waals surface area (Å²) in [5.41, 5.74) is 4.24. The molecular weight excluding hydrogens is 276 g/mol. The maximum absolute atomic E-state index is 11.5. The second-order valence-electron chi connectivity index (χ2n) is 4.98. The number of benzene rings is 1. The molecule has 1 aromatic carbocycles. The third kappa shape index (κ3) is 2.88. The van der Waals surface area contributed by atoms with Gasteiger partial charge in [0.1, 0.15) is 0 Å². The van der Waals surface area contributed by atoms with Crippen LogP contribution in [0.2, 0.25) is 0 Å². The van der Waals surface area contributed by atoms with Crippen LogP contribution in [-0.2, 0) is 15.2 Å². The van der Waals surface area contributed by atoms with Crippen LogP contribution in [0.5, 0.6) is 0 Å². The molecule has 2 aromatic rings. The van der Waals surface area contributed by atoms with Crippen LogP contribution < -0.4 is 5.73 Å². The summed E-state index contributed by atoms with van der Waals surface area (Å²) in [6.45, 7) is 0. The first-order valence-electron chi connectivity index (χ1n) is 6.34. The predicted molar refractivity (Wildman–Crippen MR) is 74.7 cm³/mol. The lowest BCUT2D eigenvalue weighted by molar-refractivity contribution is -0.161. The number of aromatic nitrogens is 1. The number of nitrogens with one attached hydrogen (secondary N) is 1. The predicted octanol–water partition coefficient (Wildman–Crippen LogP) is 0.632. The number of carboxylic acids is 2. The Morgan fingerprint density at radius 3 is 2.57 bits per heavy atom. The molecule has 2 rings (SSSR count). The Morgan fingerprint density at radius 1 is 1.29 bits per heavy atom. The van der Waals surface area contributed by atoms with E-state index >= 15 is 0 Å². The van der Waals surface area contributed by atoms with Gasteiger partial charge in [-0.2, -0.15) is 0 Å². The zero-order valence-electron chi connectivity index (χ0n) is 11.1. The van der Waals surface area contributed by atoms with Crippen LogP contribution in [0.3, 0.4) is 0 Å². The standard InChI is InChI=1S/C14H16N2O5/c15-8(5-12(17)18)6-14(21,13(19)20)10-7-16-11-4-2-1-3-9(10)11/h1-4,7-8,16,21H,5-6,15H2,(H,17,18)(H,19,20)/t8-,14+/m0/s1. The molecule has 1 aromatic heterocycles. The number of hydrogen-bond acceptors (Lipinski definition) is 4. The minimum absolute atomic E-state index is 0.173. The number of rotatable bonds is 6. The Hall–Kier alpha value is -2.38. The van der Waals surface area contributed by atoms with Gasteiger partial charge >= 0.3 is 11.9 Å². The van der Waals surface area contributed by atoms with Crippen molar-refractivity contribution in [1.29, 1.82) is 0 Å². The molecule has 0 unspecified atom stereocenters. The molecule has 0 aliphatic rings. The van der Waals surface area contributed by atoms with E-state index in [2.05, 4.69) is 4.98 Å². The first-order chi connectivity index (χ1) is 9.84. The average molecular weight is 292 g/mol. The van der Waals surface area contributed by atoms with Crippen molar-refractivity contribution in [3.8, 4) is 0 Å². The molecule has 0 bridgehead atoms. The summed E-state index contributed by atoms with van der Waals surface area (Å²) in [5, 5.41) is 29.2. The summed E-state index contributed by atoms with van der Waals surface area (Å²) in [5.74, 6) is -2.61. The van der Waals surface area contributed by atoms with Crippen molar-refractivity contribution in [1.82, 2.24) is 4.98 Å². The van der Waals surface area contributed by atoms with Gasteiger partial charge in [0.2, 0.25) is 0 Å². The van der Waals surface area contributed by atoms with E-state index in [4.69, 9.17) is 10.8 Å². The van der Waals surface area contributed by atoms with Crippen molar-refractivity contribution in [3.05, 3.63) is 36.0 Å². The van der Waals surface area contributed by atoms with Crippen molar-refractivity contribution in [3.63, 3.8) is 0 Å². The molecular formula is C14H16N2O5. The number of aliphatic carboxylic acids is 2. The molecule has 0 radical (unpaired) electrons. The highest BCUT2D eigenvalue weighted by Crippen LogP contribution is 2.33. The van der Waals surface area contributed by atoms with Crippen molar-refractivity contribution in [2.75, 3.05) is 0 Å². The molecule has 0 saturated heterocycles. The Morgan fingerprint density at radius 2 is 1.95 bits per heavy atom. The highest BCUT2D eigenvalue weighted by molar-refractivity contribution is 5.91. The fraction of sp³-hybridized carbons (Fsp3) is 0.286. The number of aromatic amines is 1. The molecule has 7 nitrogen and oxygen atoms in total. The number of nitrogens with two attached hydrogens (primary N) is 1. The number of carboxylic acid groups (broad SMARTS) is 2. The molecule has 0 aliphatic heterocycles. The molecule has 112 valence electrons. The van der Waals surface area contributed by atoms with Gasteiger partial charge in [0.25, 0.3) is 0 Å². The topological polar surface area (TPSA) is 137 Å². The number of para-hydroxylation sites is 1. The van der Waals surface area contributed by atoms with Crippen LogP contribution >= 0.6 is 0 Å². The Bertz CT molecular complexity index is 681. The minimum atomic E-state index is -2.24. The average Bonchev–Trinajstić information content (AvgIpc) is 2.81. The van der Waals surface area contributed by atoms with Gasteiger partial charge < -0.3 is 26.0 Å². The Labute approximate surface area is 120 Å². The van der Waals surface area contributed by atoms with Crippen molar-refractivity contribution in [2.45, 2.75) is 24.5 Å². The minimum Gasteiger partial charge on any atom is -0.481 e. The van der Waals surface area contributed by atoms with Crippen molar-refractivity contribution in [2.24, 2.45) is 5.73 Å². The summed E-state index contributed by atoms with van der Waals surface area (Å²) in [7, 11) is 0. The largest absolute Gasteiger partial charge is 0.481 e. The van der Waals surface area contributed by atoms with Gasteiger partial charge in [-0.05, 0) is 6.07 Å². The summed E-state index contributed by atoms with van der Waals surface area (Å²) in [6, 6.07) is 5.95. The number of carbonyl (C=O) groups is 2. The fourth-order valence-electron chi connectivity index (χ4n) is 2.40. The first kappa shape index (κ1) is 15.0. The van der Waals surface area contributed by atoms with E-state index in [1.165, 1.54) is 6.20 Å². The summed E-state index contributed by atoms with van der Waals surface area (Å²) >= 11 is 0. The SMILES string of the molecule is N[C@@H](CC(=O)O)C[C@](O)(C(=O)O)c1c[nH]c2ccccc12. The van der Waals surface area contributed by atoms with Crippen LogP contribution in [0.15, 0.2) is 30.5 Å². The molecule has 0 aliphatic carbocycles. The second-order valence-corrected chi connectivity index (χ2v) is 4.98. The maximum atomic E-state index is 11.5. The monoisotopic (exact) mass is 292 g/mol. The van der Waals surface area contributed by atoms with Gasteiger partial charge in [-0.1, -0.05) is 18.2 Å². The van der Waals surface area contributed by atoms with E-state index in [-0.39, 0.29) is 5.56 Å². The molecule has 0 fully saturated rings. The number of hydrogen-bond donors (Lipinski definition) is 5. The highest BCUT2D eigenvalue weighted by Gasteiger charge is 2.41. The quantitative estimate of drug-likeness (QED) is 0.529. The van der Waals surface area contributed by atoms with Gasteiger partial charge in [0.05, 0.1) is 6.42 Å². The van der Waals surface area contributed by atoms with E-state index in [9.17, 15) is 19.8 Å². The van der Waals surface area contributed by atoms with Crippen molar-refractivity contribution < 1.29 is 24.9 Å². The lowest BCUT2D eigenvalue weighted by Crippen LogP contribution is -2.42. The number of fused-ring (bicyclic) bond motifs is 1. The van der Waals surface area contributed by atoms with Crippen LogP contribution in [0.1, 0.15) is 18.4 Å². The van der Waals surface area contributed by atoms with Crippen LogP contribution in [0, 0.1) is 0 Å². The van der Waals surface area contributed by atoms with Crippen LogP contribution in [-0.4, -0.2) is 38.3 Å². The zero-order chi connectivity index (χ0) is 15.6. The van der Waals surface area contributed by atoms with E-state index in [1.54, 1.807) is 24.3 Å². The smallest absolute Gasteiger partial charge is 0.340 e. The molecule has 2 atom stereocenters. The second kappa shape index (κ2) is 5.55. The summed E-state index contributed by atoms with van der Waals surface area (Å²) in [6.07, 6.45) is 0.598. The summed E-state index contributed by atoms with van der Waals surface area (Å²) in [4.78, 5) is 25.0.